The van der Waals surface area contributed by atoms with Crippen LogP contribution < -0.4 is 5.32 Å². The maximum atomic E-state index is 12.7. The largest absolute Gasteiger partial charge is 0.370 e. The Labute approximate surface area is 184 Å². The molecule has 0 bridgehead atoms. The SMILES string of the molecule is Cn1nc(C(=O)NCC2CC2)c2c1CC1(CCN(C(=O)CCC3CCCC3)CC1)OC2. The van der Waals surface area contributed by atoms with E-state index in [9.17, 15) is 9.59 Å². The van der Waals surface area contributed by atoms with Crippen molar-refractivity contribution < 1.29 is 14.3 Å². The summed E-state index contributed by atoms with van der Waals surface area (Å²) in [6.07, 6.45) is 11.9. The second kappa shape index (κ2) is 8.57. The van der Waals surface area contributed by atoms with Gasteiger partial charge in [-0.05, 0) is 43.9 Å². The standard InChI is InChI=1S/C24H36N4O3/c1-27-20-14-24(31-16-19(20)22(26-27)23(30)25-15-18-6-7-18)10-12-28(13-11-24)21(29)9-8-17-4-2-3-5-17/h17-18H,2-16H2,1H3,(H,25,30). The highest BCUT2D eigenvalue weighted by atomic mass is 16.5. The third-order valence-electron chi connectivity index (χ3n) is 8.02. The van der Waals surface area contributed by atoms with Gasteiger partial charge < -0.3 is 15.0 Å². The molecule has 3 fully saturated rings. The smallest absolute Gasteiger partial charge is 0.272 e. The van der Waals surface area contributed by atoms with E-state index in [4.69, 9.17) is 4.74 Å². The monoisotopic (exact) mass is 428 g/mol. The number of ether oxygens (including phenoxy) is 1. The molecule has 2 aliphatic heterocycles. The predicted octanol–water partition coefficient (Wildman–Crippen LogP) is 2.96. The fraction of sp³-hybridized carbons (Fsp3) is 0.792. The molecule has 7 nitrogen and oxygen atoms in total. The Morgan fingerprint density at radius 3 is 2.58 bits per heavy atom. The Balaban J connectivity index is 1.17. The van der Waals surface area contributed by atoms with Crippen LogP contribution in [0.5, 0.6) is 0 Å². The second-order valence-corrected chi connectivity index (χ2v) is 10.3. The lowest BCUT2D eigenvalue weighted by Gasteiger charge is -2.44. The Morgan fingerprint density at radius 2 is 1.87 bits per heavy atom. The molecular weight excluding hydrogens is 392 g/mol. The number of fused-ring (bicyclic) bond motifs is 1. The number of rotatable bonds is 6. The van der Waals surface area contributed by atoms with E-state index in [-0.39, 0.29) is 11.5 Å². The lowest BCUT2D eigenvalue weighted by molar-refractivity contribution is -0.141. The summed E-state index contributed by atoms with van der Waals surface area (Å²) >= 11 is 0. The minimum absolute atomic E-state index is 0.0778. The van der Waals surface area contributed by atoms with Gasteiger partial charge in [0, 0.05) is 50.8 Å². The molecular formula is C24H36N4O3. The quantitative estimate of drug-likeness (QED) is 0.756. The fourth-order valence-corrected chi connectivity index (χ4v) is 5.65. The van der Waals surface area contributed by atoms with Gasteiger partial charge in [-0.2, -0.15) is 5.10 Å². The molecule has 4 aliphatic rings. The van der Waals surface area contributed by atoms with Crippen LogP contribution in [0.4, 0.5) is 0 Å². The van der Waals surface area contributed by atoms with E-state index in [2.05, 4.69) is 10.4 Å². The Bertz CT molecular complexity index is 830. The van der Waals surface area contributed by atoms with Crippen LogP contribution in [0.15, 0.2) is 0 Å². The van der Waals surface area contributed by atoms with Crippen molar-refractivity contribution in [2.24, 2.45) is 18.9 Å². The lowest BCUT2D eigenvalue weighted by atomic mass is 9.83. The number of hydrogen-bond donors (Lipinski definition) is 1. The van der Waals surface area contributed by atoms with Crippen LogP contribution in [0, 0.1) is 11.8 Å². The maximum Gasteiger partial charge on any atom is 0.272 e. The third kappa shape index (κ3) is 4.52. The van der Waals surface area contributed by atoms with Gasteiger partial charge in [-0.15, -0.1) is 0 Å². The maximum absolute atomic E-state index is 12.7. The first-order valence-corrected chi connectivity index (χ1v) is 12.3. The Morgan fingerprint density at radius 1 is 1.13 bits per heavy atom. The van der Waals surface area contributed by atoms with Crippen molar-refractivity contribution >= 4 is 11.8 Å². The molecule has 1 spiro atoms. The van der Waals surface area contributed by atoms with Crippen LogP contribution >= 0.6 is 0 Å². The summed E-state index contributed by atoms with van der Waals surface area (Å²) < 4.78 is 8.24. The van der Waals surface area contributed by atoms with E-state index in [1.165, 1.54) is 38.5 Å². The number of nitrogens with one attached hydrogen (secondary N) is 1. The first kappa shape index (κ1) is 21.0. The van der Waals surface area contributed by atoms with Crippen LogP contribution in [0.3, 0.4) is 0 Å². The number of carbonyl (C=O) groups is 2. The van der Waals surface area contributed by atoms with Crippen molar-refractivity contribution in [2.75, 3.05) is 19.6 Å². The second-order valence-electron chi connectivity index (χ2n) is 10.3. The number of carbonyl (C=O) groups excluding carboxylic acids is 2. The van der Waals surface area contributed by atoms with E-state index < -0.39 is 0 Å². The van der Waals surface area contributed by atoms with E-state index in [0.717, 1.165) is 62.5 Å². The molecule has 3 heterocycles. The summed E-state index contributed by atoms with van der Waals surface area (Å²) in [5, 5.41) is 7.57. The summed E-state index contributed by atoms with van der Waals surface area (Å²) in [5.74, 6) is 1.65. The van der Waals surface area contributed by atoms with Crippen LogP contribution in [-0.4, -0.2) is 51.7 Å². The van der Waals surface area contributed by atoms with E-state index >= 15 is 0 Å². The molecule has 1 saturated heterocycles. The molecule has 0 unspecified atom stereocenters. The molecule has 0 aromatic carbocycles. The van der Waals surface area contributed by atoms with Gasteiger partial charge in [0.2, 0.25) is 5.91 Å². The molecule has 170 valence electrons. The van der Waals surface area contributed by atoms with Crippen LogP contribution in [0.25, 0.3) is 0 Å². The minimum atomic E-state index is -0.231. The average Bonchev–Trinajstić information content (AvgIpc) is 3.36. The molecule has 1 aromatic rings. The average molecular weight is 429 g/mol. The number of aryl methyl sites for hydroxylation is 1. The molecule has 31 heavy (non-hydrogen) atoms. The highest BCUT2D eigenvalue weighted by molar-refractivity contribution is 5.94. The number of amides is 2. The zero-order chi connectivity index (χ0) is 21.4. The zero-order valence-electron chi connectivity index (χ0n) is 18.8. The van der Waals surface area contributed by atoms with E-state index in [1.807, 2.05) is 16.6 Å². The van der Waals surface area contributed by atoms with Crippen molar-refractivity contribution in [2.45, 2.75) is 82.8 Å². The normalized spacial score (nSPS) is 23.2. The van der Waals surface area contributed by atoms with Gasteiger partial charge in [-0.3, -0.25) is 14.3 Å². The van der Waals surface area contributed by atoms with Crippen LogP contribution in [0.1, 0.15) is 86.0 Å². The molecule has 1 aromatic heterocycles. The molecule has 7 heteroatoms. The summed E-state index contributed by atoms with van der Waals surface area (Å²) in [7, 11) is 1.93. The summed E-state index contributed by atoms with van der Waals surface area (Å²) in [5.41, 5.74) is 2.35. The van der Waals surface area contributed by atoms with Gasteiger partial charge in [-0.1, -0.05) is 25.7 Å². The molecule has 2 aliphatic carbocycles. The highest BCUT2D eigenvalue weighted by Crippen LogP contribution is 2.38. The Hall–Kier alpha value is -1.89. The van der Waals surface area contributed by atoms with Crippen molar-refractivity contribution in [3.63, 3.8) is 0 Å². The van der Waals surface area contributed by atoms with Gasteiger partial charge in [-0.25, -0.2) is 0 Å². The van der Waals surface area contributed by atoms with E-state index in [1.54, 1.807) is 0 Å². The van der Waals surface area contributed by atoms with Gasteiger partial charge in [0.1, 0.15) is 0 Å². The molecule has 5 rings (SSSR count). The third-order valence-corrected chi connectivity index (χ3v) is 8.02. The number of likely N-dealkylation sites (tertiary alicyclic amines) is 1. The fourth-order valence-electron chi connectivity index (χ4n) is 5.65. The van der Waals surface area contributed by atoms with Gasteiger partial charge in [0.05, 0.1) is 12.2 Å². The first-order valence-electron chi connectivity index (χ1n) is 12.3. The first-order chi connectivity index (χ1) is 15.0. The van der Waals surface area contributed by atoms with Gasteiger partial charge in [0.25, 0.3) is 5.91 Å². The number of aromatic nitrogens is 2. The molecule has 0 radical (unpaired) electrons. The van der Waals surface area contributed by atoms with Crippen molar-refractivity contribution in [1.82, 2.24) is 20.0 Å². The van der Waals surface area contributed by atoms with Crippen molar-refractivity contribution in [1.29, 1.82) is 0 Å². The van der Waals surface area contributed by atoms with Gasteiger partial charge >= 0.3 is 0 Å². The topological polar surface area (TPSA) is 76.5 Å². The lowest BCUT2D eigenvalue weighted by Crippen LogP contribution is -2.50. The minimum Gasteiger partial charge on any atom is -0.370 e. The van der Waals surface area contributed by atoms with E-state index in [0.29, 0.717) is 30.5 Å². The summed E-state index contributed by atoms with van der Waals surface area (Å²) in [6.45, 7) is 2.72. The van der Waals surface area contributed by atoms with Gasteiger partial charge in [0.15, 0.2) is 5.69 Å². The zero-order valence-corrected chi connectivity index (χ0v) is 18.8. The molecule has 2 amide bonds. The predicted molar refractivity (Wildman–Crippen MR) is 116 cm³/mol. The van der Waals surface area contributed by atoms with Crippen molar-refractivity contribution in [3.05, 3.63) is 17.0 Å². The summed E-state index contributed by atoms with van der Waals surface area (Å²) in [4.78, 5) is 27.4. The van der Waals surface area contributed by atoms with Crippen molar-refractivity contribution in [3.8, 4) is 0 Å². The number of nitrogens with zero attached hydrogens (tertiary/aromatic N) is 3. The molecule has 2 saturated carbocycles. The molecule has 0 atom stereocenters. The number of hydrogen-bond acceptors (Lipinski definition) is 4. The highest BCUT2D eigenvalue weighted by Gasteiger charge is 2.42. The number of piperidine rings is 1. The van der Waals surface area contributed by atoms with Crippen LogP contribution in [-0.2, 0) is 29.6 Å². The summed E-state index contributed by atoms with van der Waals surface area (Å²) in [6, 6.07) is 0. The van der Waals surface area contributed by atoms with Crippen LogP contribution in [0.2, 0.25) is 0 Å². The Kier molecular flexibility index (Phi) is 5.80. The molecule has 1 N–H and O–H groups in total.